The number of carbonyl (C=O) groups is 2. The van der Waals surface area contributed by atoms with Crippen molar-refractivity contribution in [2.24, 2.45) is 0 Å². The first-order chi connectivity index (χ1) is 10.8. The fraction of sp³-hybridized carbons (Fsp3) is 0.467. The van der Waals surface area contributed by atoms with Gasteiger partial charge in [-0.15, -0.1) is 11.8 Å². The van der Waals surface area contributed by atoms with E-state index in [9.17, 15) is 22.8 Å². The predicted molar refractivity (Wildman–Crippen MR) is 79.6 cm³/mol. The van der Waals surface area contributed by atoms with E-state index in [1.165, 1.54) is 42.0 Å². The number of halogens is 3. The Kier molecular flexibility index (Phi) is 5.56. The Morgan fingerprint density at radius 2 is 2.09 bits per heavy atom. The minimum absolute atomic E-state index is 0.0371. The first-order valence-electron chi connectivity index (χ1n) is 6.98. The van der Waals surface area contributed by atoms with Gasteiger partial charge < -0.3 is 9.64 Å². The Bertz CT molecular complexity index is 592. The van der Waals surface area contributed by atoms with Crippen molar-refractivity contribution in [1.82, 2.24) is 4.90 Å². The molecule has 23 heavy (non-hydrogen) atoms. The topological polar surface area (TPSA) is 46.6 Å². The third-order valence-corrected chi connectivity index (χ3v) is 4.78. The summed E-state index contributed by atoms with van der Waals surface area (Å²) in [6.07, 6.45) is -4.30. The maximum Gasteiger partial charge on any atom is 0.416 e. The molecule has 0 spiro atoms. The van der Waals surface area contributed by atoms with Crippen LogP contribution in [0.5, 0.6) is 0 Å². The van der Waals surface area contributed by atoms with Gasteiger partial charge in [0, 0.05) is 18.7 Å². The van der Waals surface area contributed by atoms with Crippen LogP contribution in [0.4, 0.5) is 13.2 Å². The maximum absolute atomic E-state index is 13.2. The first kappa shape index (κ1) is 17.7. The number of methoxy groups -OCH3 is 1. The lowest BCUT2D eigenvalue weighted by Gasteiger charge is -2.36. The molecule has 0 aromatic heterocycles. The molecule has 1 amide bonds. The van der Waals surface area contributed by atoms with Crippen LogP contribution in [0.2, 0.25) is 0 Å². The number of rotatable bonds is 4. The minimum Gasteiger partial charge on any atom is -0.469 e. The van der Waals surface area contributed by atoms with E-state index in [2.05, 4.69) is 4.74 Å². The normalized spacial score (nSPS) is 18.9. The summed E-state index contributed by atoms with van der Waals surface area (Å²) in [5.41, 5.74) is -0.710. The van der Waals surface area contributed by atoms with Gasteiger partial charge in [-0.25, -0.2) is 0 Å². The number of benzene rings is 1. The van der Waals surface area contributed by atoms with E-state index in [1.54, 1.807) is 0 Å². The van der Waals surface area contributed by atoms with Gasteiger partial charge in [-0.1, -0.05) is 18.2 Å². The summed E-state index contributed by atoms with van der Waals surface area (Å²) in [6.45, 7) is 0.0371. The third-order valence-electron chi connectivity index (χ3n) is 3.51. The molecular formula is C15H16F3NO3S. The van der Waals surface area contributed by atoms with Crippen molar-refractivity contribution < 1.29 is 27.5 Å². The number of amides is 1. The standard InChI is InChI=1S/C15H16F3NO3S/c1-22-13(21)6-8-19-12(20)7-9-23-14(19)10-4-2-3-5-11(10)15(16,17)18/h2-5,14H,6-9H2,1H3. The summed E-state index contributed by atoms with van der Waals surface area (Å²) >= 11 is 1.27. The number of esters is 1. The quantitative estimate of drug-likeness (QED) is 0.785. The van der Waals surface area contributed by atoms with Gasteiger partial charge in [0.25, 0.3) is 0 Å². The van der Waals surface area contributed by atoms with Crippen LogP contribution in [0.25, 0.3) is 0 Å². The van der Waals surface area contributed by atoms with Crippen molar-refractivity contribution in [2.75, 3.05) is 19.4 Å². The molecule has 1 aliphatic heterocycles. The SMILES string of the molecule is COC(=O)CCN1C(=O)CCSC1c1ccccc1C(F)(F)F. The Morgan fingerprint density at radius 3 is 2.74 bits per heavy atom. The molecular weight excluding hydrogens is 331 g/mol. The van der Waals surface area contributed by atoms with E-state index in [0.717, 1.165) is 6.07 Å². The van der Waals surface area contributed by atoms with Crippen molar-refractivity contribution in [1.29, 1.82) is 0 Å². The zero-order valence-corrected chi connectivity index (χ0v) is 13.2. The highest BCUT2D eigenvalue weighted by molar-refractivity contribution is 7.99. The lowest BCUT2D eigenvalue weighted by atomic mass is 10.1. The van der Waals surface area contributed by atoms with E-state index in [0.29, 0.717) is 5.75 Å². The highest BCUT2D eigenvalue weighted by Crippen LogP contribution is 2.43. The van der Waals surface area contributed by atoms with Crippen LogP contribution in [-0.2, 0) is 20.5 Å². The Balaban J connectivity index is 2.31. The number of ether oxygens (including phenoxy) is 1. The fourth-order valence-electron chi connectivity index (χ4n) is 2.41. The molecule has 1 aromatic rings. The van der Waals surface area contributed by atoms with Gasteiger partial charge in [-0.3, -0.25) is 9.59 Å². The molecule has 1 saturated heterocycles. The van der Waals surface area contributed by atoms with Crippen LogP contribution in [0.1, 0.15) is 29.3 Å². The van der Waals surface area contributed by atoms with Gasteiger partial charge >= 0.3 is 12.1 Å². The molecule has 4 nitrogen and oxygen atoms in total. The molecule has 1 unspecified atom stereocenters. The zero-order valence-electron chi connectivity index (χ0n) is 12.4. The molecule has 2 rings (SSSR count). The second-order valence-corrected chi connectivity index (χ2v) is 6.16. The molecule has 1 aliphatic rings. The smallest absolute Gasteiger partial charge is 0.416 e. The van der Waals surface area contributed by atoms with Gasteiger partial charge in [-0.05, 0) is 11.6 Å². The number of nitrogens with zero attached hydrogens (tertiary/aromatic N) is 1. The number of hydrogen-bond acceptors (Lipinski definition) is 4. The van der Waals surface area contributed by atoms with Crippen LogP contribution < -0.4 is 0 Å². The number of carbonyl (C=O) groups excluding carboxylic acids is 2. The molecule has 1 aromatic carbocycles. The van der Waals surface area contributed by atoms with E-state index in [1.807, 2.05) is 0 Å². The summed E-state index contributed by atoms with van der Waals surface area (Å²) in [4.78, 5) is 24.7. The average Bonchev–Trinajstić information content (AvgIpc) is 2.52. The molecule has 1 atom stereocenters. The molecule has 0 aliphatic carbocycles. The van der Waals surface area contributed by atoms with E-state index in [-0.39, 0.29) is 30.9 Å². The summed E-state index contributed by atoms with van der Waals surface area (Å²) in [5, 5.41) is -0.751. The summed E-state index contributed by atoms with van der Waals surface area (Å²) in [5.74, 6) is -0.310. The molecule has 0 saturated carbocycles. The lowest BCUT2D eigenvalue weighted by Crippen LogP contribution is -2.39. The van der Waals surface area contributed by atoms with Gasteiger partial charge in [0.15, 0.2) is 0 Å². The van der Waals surface area contributed by atoms with Crippen LogP contribution in [0.15, 0.2) is 24.3 Å². The molecule has 0 N–H and O–H groups in total. The van der Waals surface area contributed by atoms with Crippen LogP contribution in [-0.4, -0.2) is 36.2 Å². The van der Waals surface area contributed by atoms with Crippen LogP contribution >= 0.6 is 11.8 Å². The van der Waals surface area contributed by atoms with E-state index >= 15 is 0 Å². The van der Waals surface area contributed by atoms with Gasteiger partial charge in [0.05, 0.1) is 19.1 Å². The van der Waals surface area contributed by atoms with Crippen molar-refractivity contribution in [3.8, 4) is 0 Å². The zero-order chi connectivity index (χ0) is 17.0. The molecule has 0 radical (unpaired) electrons. The second-order valence-electron chi connectivity index (χ2n) is 4.97. The van der Waals surface area contributed by atoms with Gasteiger partial charge in [0.2, 0.25) is 5.91 Å². The summed E-state index contributed by atoms with van der Waals surface area (Å²) in [7, 11) is 1.23. The largest absolute Gasteiger partial charge is 0.469 e. The highest BCUT2D eigenvalue weighted by atomic mass is 32.2. The molecule has 1 fully saturated rings. The molecule has 126 valence electrons. The molecule has 8 heteroatoms. The summed E-state index contributed by atoms with van der Waals surface area (Å²) in [6, 6.07) is 5.22. The predicted octanol–water partition coefficient (Wildman–Crippen LogP) is 3.23. The Labute approximate surface area is 136 Å². The number of alkyl halides is 3. The lowest BCUT2D eigenvalue weighted by molar-refractivity contribution is -0.143. The fourth-order valence-corrected chi connectivity index (χ4v) is 3.71. The number of thioether (sulfide) groups is 1. The van der Waals surface area contributed by atoms with Crippen molar-refractivity contribution in [2.45, 2.75) is 24.4 Å². The van der Waals surface area contributed by atoms with Crippen molar-refractivity contribution in [3.05, 3.63) is 35.4 Å². The first-order valence-corrected chi connectivity index (χ1v) is 8.03. The van der Waals surface area contributed by atoms with E-state index in [4.69, 9.17) is 0 Å². The van der Waals surface area contributed by atoms with Crippen LogP contribution in [0.3, 0.4) is 0 Å². The van der Waals surface area contributed by atoms with Crippen LogP contribution in [0, 0.1) is 0 Å². The van der Waals surface area contributed by atoms with Gasteiger partial charge in [-0.2, -0.15) is 13.2 Å². The maximum atomic E-state index is 13.2. The number of hydrogen-bond donors (Lipinski definition) is 0. The monoisotopic (exact) mass is 347 g/mol. The summed E-state index contributed by atoms with van der Waals surface area (Å²) < 4.78 is 44.2. The van der Waals surface area contributed by atoms with Crippen molar-refractivity contribution in [3.63, 3.8) is 0 Å². The highest BCUT2D eigenvalue weighted by Gasteiger charge is 2.38. The molecule has 1 heterocycles. The Morgan fingerprint density at radius 1 is 1.39 bits per heavy atom. The van der Waals surface area contributed by atoms with Gasteiger partial charge in [0.1, 0.15) is 5.37 Å². The second kappa shape index (κ2) is 7.25. The Hall–Kier alpha value is -1.70. The average molecular weight is 347 g/mol. The van der Waals surface area contributed by atoms with E-state index < -0.39 is 23.1 Å². The third kappa shape index (κ3) is 4.19. The van der Waals surface area contributed by atoms with Crippen molar-refractivity contribution >= 4 is 23.6 Å². The molecule has 0 bridgehead atoms. The minimum atomic E-state index is -4.49.